The summed E-state index contributed by atoms with van der Waals surface area (Å²) >= 11 is 2.15. The molecule has 0 bridgehead atoms. The first kappa shape index (κ1) is 27.4. The van der Waals surface area contributed by atoms with Crippen molar-refractivity contribution in [2.75, 3.05) is 23.9 Å². The smallest absolute Gasteiger partial charge is 0.306 e. The summed E-state index contributed by atoms with van der Waals surface area (Å²) in [6.07, 6.45) is 12.6. The molecule has 8 heteroatoms. The van der Waals surface area contributed by atoms with Crippen LogP contribution in [0.5, 0.6) is 0 Å². The molecule has 3 rings (SSSR count). The number of alkyl halides is 1. The normalized spacial score (nSPS) is 13.2. The minimum atomic E-state index is -0.188. The first-order chi connectivity index (χ1) is 16.1. The summed E-state index contributed by atoms with van der Waals surface area (Å²) in [5.41, 5.74) is 10.6. The van der Waals surface area contributed by atoms with E-state index in [1.807, 2.05) is 24.2 Å². The number of nitrogens with zero attached hydrogens (tertiary/aromatic N) is 3. The summed E-state index contributed by atoms with van der Waals surface area (Å²) in [5, 5.41) is 3.42. The van der Waals surface area contributed by atoms with Gasteiger partial charge in [-0.2, -0.15) is 0 Å². The van der Waals surface area contributed by atoms with Crippen LogP contribution in [0, 0.1) is 6.92 Å². The Morgan fingerprint density at radius 2 is 1.94 bits per heavy atom. The number of ether oxygens (including phenoxy) is 1. The number of methoxy groups -OCH3 is 1. The highest BCUT2D eigenvalue weighted by Gasteiger charge is 2.17. The highest BCUT2D eigenvalue weighted by Crippen LogP contribution is 2.27. The van der Waals surface area contributed by atoms with E-state index in [1.165, 1.54) is 18.2 Å². The molecule has 1 atom stereocenters. The third-order valence-corrected chi connectivity index (χ3v) is 6.03. The van der Waals surface area contributed by atoms with Gasteiger partial charge in [0.25, 0.3) is 0 Å². The molecule has 0 radical (unpaired) electrons. The zero-order valence-corrected chi connectivity index (χ0v) is 22.4. The molecule has 182 valence electrons. The summed E-state index contributed by atoms with van der Waals surface area (Å²) in [6, 6.07) is 2.24. The van der Waals surface area contributed by atoms with Crippen molar-refractivity contribution in [2.45, 2.75) is 77.2 Å². The molecule has 3 heterocycles. The molecule has 1 aliphatic rings. The number of hydrogen-bond donors (Lipinski definition) is 2. The van der Waals surface area contributed by atoms with Crippen LogP contribution in [0.1, 0.15) is 79.1 Å². The number of nitrogens with two attached hydrogens (primary N) is 1. The number of hydrogen-bond acceptors (Lipinski definition) is 7. The Bertz CT molecular complexity index is 861. The third-order valence-electron chi connectivity index (χ3n) is 6.03. The quantitative estimate of drug-likeness (QED) is 0.173. The van der Waals surface area contributed by atoms with E-state index in [9.17, 15) is 4.79 Å². The van der Waals surface area contributed by atoms with Gasteiger partial charge in [0.2, 0.25) is 0 Å². The molecule has 2 aromatic rings. The molecular formula is C25H38IN5O2. The second-order valence-electron chi connectivity index (χ2n) is 8.33. The van der Waals surface area contributed by atoms with Crippen molar-refractivity contribution in [3.8, 4) is 0 Å². The van der Waals surface area contributed by atoms with Gasteiger partial charge in [0.15, 0.2) is 0 Å². The van der Waals surface area contributed by atoms with Crippen molar-refractivity contribution >= 4 is 34.4 Å². The molecular weight excluding hydrogens is 529 g/mol. The van der Waals surface area contributed by atoms with Crippen molar-refractivity contribution in [3.63, 3.8) is 0 Å². The number of halogens is 1. The lowest BCUT2D eigenvalue weighted by molar-refractivity contribution is -0.141. The van der Waals surface area contributed by atoms with Gasteiger partial charge in [-0.25, -0.2) is 15.0 Å². The zero-order valence-electron chi connectivity index (χ0n) is 20.2. The molecule has 1 aliphatic heterocycles. The lowest BCUT2D eigenvalue weighted by Gasteiger charge is -2.20. The minimum absolute atomic E-state index is 0.102. The molecule has 0 saturated heterocycles. The number of esters is 1. The van der Waals surface area contributed by atoms with Crippen molar-refractivity contribution in [2.24, 2.45) is 5.73 Å². The number of aromatic nitrogens is 3. The van der Waals surface area contributed by atoms with Gasteiger partial charge in [0, 0.05) is 31.2 Å². The fraction of sp³-hybridized carbons (Fsp3) is 0.600. The number of aryl methyl sites for hydroxylation is 3. The summed E-state index contributed by atoms with van der Waals surface area (Å²) in [5.74, 6) is 1.70. The third kappa shape index (κ3) is 8.81. The second kappa shape index (κ2) is 15.2. The minimum Gasteiger partial charge on any atom is -0.469 e. The van der Waals surface area contributed by atoms with E-state index in [2.05, 4.69) is 43.9 Å². The predicted molar refractivity (Wildman–Crippen MR) is 142 cm³/mol. The lowest BCUT2D eigenvalue weighted by Crippen LogP contribution is -2.16. The number of carbonyl (C=O) groups is 1. The van der Waals surface area contributed by atoms with Crippen LogP contribution in [0.3, 0.4) is 0 Å². The Kier molecular flexibility index (Phi) is 12.6. The van der Waals surface area contributed by atoms with E-state index in [4.69, 9.17) is 15.5 Å². The Hall–Kier alpha value is -1.81. The van der Waals surface area contributed by atoms with Gasteiger partial charge in [0.1, 0.15) is 11.6 Å². The molecule has 0 amide bonds. The lowest BCUT2D eigenvalue weighted by atomic mass is 9.91. The van der Waals surface area contributed by atoms with Crippen LogP contribution in [0.4, 0.5) is 5.82 Å². The monoisotopic (exact) mass is 567 g/mol. The van der Waals surface area contributed by atoms with E-state index in [1.54, 1.807) is 0 Å². The van der Waals surface area contributed by atoms with Crippen LogP contribution < -0.4 is 11.1 Å². The van der Waals surface area contributed by atoms with E-state index in [0.717, 1.165) is 80.8 Å². The maximum absolute atomic E-state index is 11.8. The van der Waals surface area contributed by atoms with Crippen molar-refractivity contribution in [3.05, 3.63) is 46.7 Å². The van der Waals surface area contributed by atoms with Gasteiger partial charge in [-0.05, 0) is 72.6 Å². The number of rotatable bonds is 11. The number of unbranched alkanes of at least 4 members (excludes halogenated alkanes) is 3. The average molecular weight is 568 g/mol. The molecule has 0 unspecified atom stereocenters. The van der Waals surface area contributed by atoms with E-state index in [-0.39, 0.29) is 11.9 Å². The highest BCUT2D eigenvalue weighted by molar-refractivity contribution is 14.1. The number of pyridine rings is 1. The summed E-state index contributed by atoms with van der Waals surface area (Å²) in [4.78, 5) is 27.2. The number of nitrogens with one attached hydrogen (secondary N) is 1. The Balaban J connectivity index is 0.00000187. The molecule has 3 N–H and O–H groups in total. The SMILES string of the molecule is CI.COC(=O)C[C@H](CCCCCCc1nc2c(cc1CN)CCCN2)c1cnc(C)nc1. The molecule has 0 aliphatic carbocycles. The predicted octanol–water partition coefficient (Wildman–Crippen LogP) is 4.89. The first-order valence-electron chi connectivity index (χ1n) is 11.8. The molecule has 33 heavy (non-hydrogen) atoms. The van der Waals surface area contributed by atoms with E-state index < -0.39 is 0 Å². The van der Waals surface area contributed by atoms with E-state index in [0.29, 0.717) is 13.0 Å². The van der Waals surface area contributed by atoms with Gasteiger partial charge in [0.05, 0.1) is 13.5 Å². The van der Waals surface area contributed by atoms with Gasteiger partial charge in [-0.3, -0.25) is 4.79 Å². The fourth-order valence-electron chi connectivity index (χ4n) is 4.18. The van der Waals surface area contributed by atoms with Crippen LogP contribution in [-0.4, -0.2) is 39.5 Å². The molecule has 0 saturated carbocycles. The van der Waals surface area contributed by atoms with Gasteiger partial charge in [-0.15, -0.1) is 0 Å². The van der Waals surface area contributed by atoms with Crippen LogP contribution in [-0.2, 0) is 28.9 Å². The summed E-state index contributed by atoms with van der Waals surface area (Å²) in [7, 11) is 1.44. The summed E-state index contributed by atoms with van der Waals surface area (Å²) < 4.78 is 4.88. The van der Waals surface area contributed by atoms with Crippen LogP contribution in [0.25, 0.3) is 0 Å². The van der Waals surface area contributed by atoms with Gasteiger partial charge in [-0.1, -0.05) is 41.9 Å². The van der Waals surface area contributed by atoms with Crippen molar-refractivity contribution in [1.82, 2.24) is 15.0 Å². The number of fused-ring (bicyclic) bond motifs is 1. The zero-order chi connectivity index (χ0) is 24.1. The van der Waals surface area contributed by atoms with Crippen molar-refractivity contribution < 1.29 is 9.53 Å². The summed E-state index contributed by atoms with van der Waals surface area (Å²) in [6.45, 7) is 3.41. The maximum atomic E-state index is 11.8. The molecule has 0 aromatic carbocycles. The largest absolute Gasteiger partial charge is 0.469 e. The van der Waals surface area contributed by atoms with Crippen LogP contribution in [0.2, 0.25) is 0 Å². The standard InChI is InChI=1S/C24H35N5O2.CH3I/c1-17-27-15-21(16-28-17)18(13-23(30)31-2)8-5-3-4-6-10-22-20(14-25)12-19-9-7-11-26-24(19)29-22;1-2/h12,15-16,18H,3-11,13-14,25H2,1-2H3,(H,26,29);1H3/t18-;/m0./s1. The Morgan fingerprint density at radius 3 is 2.64 bits per heavy atom. The van der Waals surface area contributed by atoms with E-state index >= 15 is 0 Å². The number of anilines is 1. The first-order valence-corrected chi connectivity index (χ1v) is 13.9. The van der Waals surface area contributed by atoms with Crippen LogP contribution in [0.15, 0.2) is 18.5 Å². The topological polar surface area (TPSA) is 103 Å². The van der Waals surface area contributed by atoms with Crippen LogP contribution >= 0.6 is 22.6 Å². The Morgan fingerprint density at radius 1 is 1.21 bits per heavy atom. The highest BCUT2D eigenvalue weighted by atomic mass is 127. The maximum Gasteiger partial charge on any atom is 0.306 e. The second-order valence-corrected chi connectivity index (χ2v) is 8.33. The fourth-order valence-corrected chi connectivity index (χ4v) is 4.18. The van der Waals surface area contributed by atoms with Gasteiger partial charge >= 0.3 is 5.97 Å². The average Bonchev–Trinajstić information content (AvgIpc) is 2.86. The molecule has 7 nitrogen and oxygen atoms in total. The van der Waals surface area contributed by atoms with Crippen molar-refractivity contribution in [1.29, 1.82) is 0 Å². The van der Waals surface area contributed by atoms with Gasteiger partial charge < -0.3 is 15.8 Å². The molecule has 0 fully saturated rings. The molecule has 0 spiro atoms. The Labute approximate surface area is 211 Å². The number of carbonyl (C=O) groups excluding carboxylic acids is 1. The molecule has 2 aromatic heterocycles.